The van der Waals surface area contributed by atoms with Crippen LogP contribution in [0.3, 0.4) is 0 Å². The second-order valence-corrected chi connectivity index (χ2v) is 7.32. The van der Waals surface area contributed by atoms with Crippen LogP contribution in [0.5, 0.6) is 5.75 Å². The van der Waals surface area contributed by atoms with E-state index in [-0.39, 0.29) is 13.2 Å². The monoisotopic (exact) mass is 429 g/mol. The van der Waals surface area contributed by atoms with Gasteiger partial charge in [0.05, 0.1) is 13.1 Å². The highest BCUT2D eigenvalue weighted by Crippen LogP contribution is 2.32. The number of fused-ring (bicyclic) bond motifs is 1. The summed E-state index contributed by atoms with van der Waals surface area (Å²) in [6.07, 6.45) is -0.984. The standard InChI is InChI=1S/C22H21ClFN3O3/c23-20-11-18(25-12-15-5-2-1-3-6-15)17-7-4-8-19(21(17)26-20)29-14-16-13-27(10-9-24)22(28)30-16/h1-8,11,16H,9-10,12-14H2,(H,25,26). The van der Waals surface area contributed by atoms with Crippen molar-refractivity contribution >= 4 is 34.3 Å². The lowest BCUT2D eigenvalue weighted by Crippen LogP contribution is -2.28. The topological polar surface area (TPSA) is 63.7 Å². The molecule has 1 saturated heterocycles. The number of hydrogen-bond donors (Lipinski definition) is 1. The Morgan fingerprint density at radius 2 is 2.07 bits per heavy atom. The van der Waals surface area contributed by atoms with Crippen LogP contribution in [0.4, 0.5) is 14.9 Å². The zero-order valence-electron chi connectivity index (χ0n) is 16.2. The molecule has 1 amide bonds. The minimum absolute atomic E-state index is 0.0250. The van der Waals surface area contributed by atoms with Gasteiger partial charge in [-0.2, -0.15) is 0 Å². The van der Waals surface area contributed by atoms with Gasteiger partial charge in [-0.05, 0) is 17.7 Å². The van der Waals surface area contributed by atoms with E-state index in [0.717, 1.165) is 16.6 Å². The van der Waals surface area contributed by atoms with E-state index in [9.17, 15) is 9.18 Å². The number of alkyl halides is 1. The molecule has 1 aliphatic heterocycles. The van der Waals surface area contributed by atoms with Crippen molar-refractivity contribution in [3.8, 4) is 5.75 Å². The van der Waals surface area contributed by atoms with Crippen LogP contribution < -0.4 is 10.1 Å². The number of carbonyl (C=O) groups excluding carboxylic acids is 1. The van der Waals surface area contributed by atoms with Gasteiger partial charge in [-0.25, -0.2) is 14.2 Å². The SMILES string of the molecule is O=C1OC(COc2cccc3c(NCc4ccccc4)cc(Cl)nc23)CN1CCF. The number of cyclic esters (lactones) is 1. The summed E-state index contributed by atoms with van der Waals surface area (Å²) < 4.78 is 23.6. The molecule has 1 fully saturated rings. The molecule has 8 heteroatoms. The summed E-state index contributed by atoms with van der Waals surface area (Å²) in [4.78, 5) is 17.5. The highest BCUT2D eigenvalue weighted by molar-refractivity contribution is 6.30. The quantitative estimate of drug-likeness (QED) is 0.527. The molecule has 1 N–H and O–H groups in total. The Labute approximate surface area is 178 Å². The molecule has 2 heterocycles. The van der Waals surface area contributed by atoms with Gasteiger partial charge in [0, 0.05) is 17.6 Å². The van der Waals surface area contributed by atoms with Gasteiger partial charge in [0.1, 0.15) is 29.7 Å². The average Bonchev–Trinajstić information content (AvgIpc) is 3.11. The van der Waals surface area contributed by atoms with Crippen LogP contribution >= 0.6 is 11.6 Å². The van der Waals surface area contributed by atoms with Crippen molar-refractivity contribution in [2.45, 2.75) is 12.6 Å². The summed E-state index contributed by atoms with van der Waals surface area (Å²) in [6, 6.07) is 17.4. The van der Waals surface area contributed by atoms with Gasteiger partial charge < -0.3 is 19.7 Å². The van der Waals surface area contributed by atoms with Crippen molar-refractivity contribution < 1.29 is 18.7 Å². The number of anilines is 1. The van der Waals surface area contributed by atoms with Crippen molar-refractivity contribution in [2.75, 3.05) is 31.7 Å². The first kappa shape index (κ1) is 20.2. The molecule has 1 atom stereocenters. The Balaban J connectivity index is 1.50. The number of nitrogens with one attached hydrogen (secondary N) is 1. The van der Waals surface area contributed by atoms with Crippen LogP contribution in [0.1, 0.15) is 5.56 Å². The molecule has 4 rings (SSSR count). The third kappa shape index (κ3) is 4.57. The van der Waals surface area contributed by atoms with Crippen LogP contribution in [0, 0.1) is 0 Å². The van der Waals surface area contributed by atoms with Gasteiger partial charge >= 0.3 is 6.09 Å². The number of para-hydroxylation sites is 1. The number of halogens is 2. The number of rotatable bonds is 8. The van der Waals surface area contributed by atoms with Gasteiger partial charge in [0.25, 0.3) is 0 Å². The third-order valence-electron chi connectivity index (χ3n) is 4.83. The van der Waals surface area contributed by atoms with Gasteiger partial charge in [-0.15, -0.1) is 0 Å². The van der Waals surface area contributed by atoms with Crippen LogP contribution in [-0.4, -0.2) is 48.5 Å². The van der Waals surface area contributed by atoms with Crippen molar-refractivity contribution in [3.05, 3.63) is 65.3 Å². The number of nitrogens with zero attached hydrogens (tertiary/aromatic N) is 2. The Morgan fingerprint density at radius 1 is 1.23 bits per heavy atom. The molecule has 3 aromatic rings. The van der Waals surface area contributed by atoms with E-state index in [1.54, 1.807) is 12.1 Å². The third-order valence-corrected chi connectivity index (χ3v) is 5.02. The highest BCUT2D eigenvalue weighted by Gasteiger charge is 2.31. The Kier molecular flexibility index (Phi) is 6.18. The molecule has 0 bridgehead atoms. The van der Waals surface area contributed by atoms with Gasteiger partial charge in [-0.1, -0.05) is 54.1 Å². The zero-order valence-corrected chi connectivity index (χ0v) is 16.9. The number of pyridine rings is 1. The molecule has 1 unspecified atom stereocenters. The maximum atomic E-state index is 12.5. The van der Waals surface area contributed by atoms with E-state index in [0.29, 0.717) is 29.5 Å². The van der Waals surface area contributed by atoms with Crippen molar-refractivity contribution in [2.24, 2.45) is 0 Å². The lowest BCUT2D eigenvalue weighted by molar-refractivity contribution is 0.103. The van der Waals surface area contributed by atoms with E-state index in [4.69, 9.17) is 21.1 Å². The molecular formula is C22H21ClFN3O3. The smallest absolute Gasteiger partial charge is 0.410 e. The first-order valence-electron chi connectivity index (χ1n) is 9.65. The normalized spacial score (nSPS) is 16.0. The van der Waals surface area contributed by atoms with Gasteiger partial charge in [0.15, 0.2) is 6.10 Å². The number of hydrogen-bond acceptors (Lipinski definition) is 5. The van der Waals surface area contributed by atoms with Crippen LogP contribution in [0.15, 0.2) is 54.6 Å². The molecule has 1 aromatic heterocycles. The molecule has 2 aromatic carbocycles. The molecule has 156 valence electrons. The molecule has 0 saturated carbocycles. The number of ether oxygens (including phenoxy) is 2. The molecule has 0 spiro atoms. The zero-order chi connectivity index (χ0) is 20.9. The number of amides is 1. The maximum Gasteiger partial charge on any atom is 0.410 e. The van der Waals surface area contributed by atoms with Crippen molar-refractivity contribution in [3.63, 3.8) is 0 Å². The predicted molar refractivity (Wildman–Crippen MR) is 114 cm³/mol. The van der Waals surface area contributed by atoms with Crippen molar-refractivity contribution in [1.29, 1.82) is 0 Å². The number of aromatic nitrogens is 1. The summed E-state index contributed by atoms with van der Waals surface area (Å²) in [5.74, 6) is 0.540. The first-order chi connectivity index (χ1) is 14.6. The van der Waals surface area contributed by atoms with Gasteiger partial charge in [0.2, 0.25) is 0 Å². The van der Waals surface area contributed by atoms with E-state index in [1.165, 1.54) is 4.90 Å². The highest BCUT2D eigenvalue weighted by atomic mass is 35.5. The van der Waals surface area contributed by atoms with Crippen molar-refractivity contribution in [1.82, 2.24) is 9.88 Å². The summed E-state index contributed by atoms with van der Waals surface area (Å²) in [5.41, 5.74) is 2.61. The molecule has 1 aliphatic rings. The first-order valence-corrected chi connectivity index (χ1v) is 10.0. The average molecular weight is 430 g/mol. The van der Waals surface area contributed by atoms with Crippen LogP contribution in [0.2, 0.25) is 5.15 Å². The molecule has 30 heavy (non-hydrogen) atoms. The lowest BCUT2D eigenvalue weighted by atomic mass is 10.1. The summed E-state index contributed by atoms with van der Waals surface area (Å²) in [7, 11) is 0. The summed E-state index contributed by atoms with van der Waals surface area (Å²) in [6.45, 7) is 0.508. The van der Waals surface area contributed by atoms with E-state index in [1.807, 2.05) is 42.5 Å². The molecular weight excluding hydrogens is 409 g/mol. The lowest BCUT2D eigenvalue weighted by Gasteiger charge is -2.15. The van der Waals surface area contributed by atoms with E-state index in [2.05, 4.69) is 10.3 Å². The number of carbonyl (C=O) groups is 1. The molecule has 6 nitrogen and oxygen atoms in total. The fourth-order valence-electron chi connectivity index (χ4n) is 3.38. The Hall–Kier alpha value is -3.06. The van der Waals surface area contributed by atoms with E-state index < -0.39 is 18.9 Å². The maximum absolute atomic E-state index is 12.5. The largest absolute Gasteiger partial charge is 0.487 e. The Morgan fingerprint density at radius 3 is 2.87 bits per heavy atom. The second-order valence-electron chi connectivity index (χ2n) is 6.94. The van der Waals surface area contributed by atoms with Gasteiger partial charge in [-0.3, -0.25) is 0 Å². The summed E-state index contributed by atoms with van der Waals surface area (Å²) in [5, 5.41) is 4.62. The van der Waals surface area contributed by atoms with Crippen LogP contribution in [-0.2, 0) is 11.3 Å². The number of benzene rings is 2. The van der Waals surface area contributed by atoms with E-state index >= 15 is 0 Å². The Bertz CT molecular complexity index is 1030. The predicted octanol–water partition coefficient (Wildman–Crippen LogP) is 4.67. The minimum Gasteiger partial charge on any atom is -0.487 e. The fourth-order valence-corrected chi connectivity index (χ4v) is 3.57. The second kappa shape index (κ2) is 9.17. The fraction of sp³-hybridized carbons (Fsp3) is 0.273. The molecule has 0 aliphatic carbocycles. The summed E-state index contributed by atoms with van der Waals surface area (Å²) >= 11 is 6.26. The van der Waals surface area contributed by atoms with Crippen LogP contribution in [0.25, 0.3) is 10.9 Å². The minimum atomic E-state index is -0.604. The molecule has 0 radical (unpaired) electrons.